The average Bonchev–Trinajstić information content (AvgIpc) is 2.42. The molecule has 5 nitrogen and oxygen atoms in total. The van der Waals surface area contributed by atoms with E-state index < -0.39 is 10.0 Å². The van der Waals surface area contributed by atoms with E-state index in [1.807, 2.05) is 6.92 Å². The molecular formula is C13H22N2O3S. The van der Waals surface area contributed by atoms with Gasteiger partial charge in [0.25, 0.3) is 0 Å². The third-order valence-corrected chi connectivity index (χ3v) is 4.55. The average molecular weight is 286 g/mol. The summed E-state index contributed by atoms with van der Waals surface area (Å²) in [4.78, 5) is 0.287. The molecule has 0 spiro atoms. The second kappa shape index (κ2) is 7.47. The maximum absolute atomic E-state index is 12.2. The smallest absolute Gasteiger partial charge is 0.242 e. The molecule has 19 heavy (non-hydrogen) atoms. The summed E-state index contributed by atoms with van der Waals surface area (Å²) in [5, 5.41) is 2.93. The summed E-state index contributed by atoms with van der Waals surface area (Å²) in [6.45, 7) is 3.71. The standard InChI is InChI=1S/C13H22N2O3S/c1-4-11-18-12-5-7-13(8-6-12)19(16,17)15(3)10-9-14-2/h5-8,14H,4,9-11H2,1-3H3. The fourth-order valence-electron chi connectivity index (χ4n) is 1.50. The molecule has 0 amide bonds. The van der Waals surface area contributed by atoms with E-state index in [1.54, 1.807) is 38.4 Å². The molecule has 0 radical (unpaired) electrons. The Morgan fingerprint density at radius 2 is 1.89 bits per heavy atom. The summed E-state index contributed by atoms with van der Waals surface area (Å²) in [6, 6.07) is 6.54. The Balaban J connectivity index is 2.78. The molecule has 0 aliphatic heterocycles. The fourth-order valence-corrected chi connectivity index (χ4v) is 2.67. The van der Waals surface area contributed by atoms with Gasteiger partial charge in [-0.05, 0) is 37.7 Å². The quantitative estimate of drug-likeness (QED) is 0.783. The summed E-state index contributed by atoms with van der Waals surface area (Å²) in [7, 11) is -0.0412. The van der Waals surface area contributed by atoms with Gasteiger partial charge in [-0.25, -0.2) is 8.42 Å². The highest BCUT2D eigenvalue weighted by Crippen LogP contribution is 2.18. The van der Waals surface area contributed by atoms with Crippen molar-refractivity contribution in [2.45, 2.75) is 18.2 Å². The zero-order valence-corrected chi connectivity index (χ0v) is 12.5. The van der Waals surface area contributed by atoms with Gasteiger partial charge in [-0.2, -0.15) is 4.31 Å². The first-order valence-corrected chi connectivity index (χ1v) is 7.80. The predicted octanol–water partition coefficient (Wildman–Crippen LogP) is 1.32. The zero-order chi connectivity index (χ0) is 14.3. The van der Waals surface area contributed by atoms with Gasteiger partial charge in [-0.15, -0.1) is 0 Å². The van der Waals surface area contributed by atoms with Gasteiger partial charge in [-0.3, -0.25) is 0 Å². The summed E-state index contributed by atoms with van der Waals surface area (Å²) in [6.07, 6.45) is 0.923. The van der Waals surface area contributed by atoms with Gasteiger partial charge >= 0.3 is 0 Å². The van der Waals surface area contributed by atoms with Gasteiger partial charge in [0.15, 0.2) is 0 Å². The highest BCUT2D eigenvalue weighted by atomic mass is 32.2. The monoisotopic (exact) mass is 286 g/mol. The van der Waals surface area contributed by atoms with Gasteiger partial charge in [0, 0.05) is 20.1 Å². The van der Waals surface area contributed by atoms with Crippen molar-refractivity contribution in [2.24, 2.45) is 0 Å². The largest absolute Gasteiger partial charge is 0.494 e. The number of ether oxygens (including phenoxy) is 1. The number of benzene rings is 1. The van der Waals surface area contributed by atoms with Gasteiger partial charge in [0.05, 0.1) is 11.5 Å². The summed E-state index contributed by atoms with van der Waals surface area (Å²) >= 11 is 0. The minimum atomic E-state index is -3.41. The molecule has 0 unspecified atom stereocenters. The Bertz CT molecular complexity index is 471. The minimum Gasteiger partial charge on any atom is -0.494 e. The van der Waals surface area contributed by atoms with Crippen LogP contribution >= 0.6 is 0 Å². The number of nitrogens with zero attached hydrogens (tertiary/aromatic N) is 1. The summed E-state index contributed by atoms with van der Waals surface area (Å²) in [5.41, 5.74) is 0. The number of hydrogen-bond acceptors (Lipinski definition) is 4. The van der Waals surface area contributed by atoms with Crippen molar-refractivity contribution in [3.8, 4) is 5.75 Å². The Kier molecular flexibility index (Phi) is 6.27. The van der Waals surface area contributed by atoms with Crippen LogP contribution in [-0.4, -0.2) is 46.5 Å². The maximum Gasteiger partial charge on any atom is 0.242 e. The molecule has 1 aromatic carbocycles. The van der Waals surface area contributed by atoms with E-state index in [9.17, 15) is 8.42 Å². The molecule has 0 bridgehead atoms. The molecule has 108 valence electrons. The number of rotatable bonds is 8. The molecule has 0 heterocycles. The Morgan fingerprint density at radius 3 is 2.42 bits per heavy atom. The first kappa shape index (κ1) is 15.9. The summed E-state index contributed by atoms with van der Waals surface area (Å²) < 4.78 is 31.2. The van der Waals surface area contributed by atoms with Gasteiger partial charge in [0.2, 0.25) is 10.0 Å². The van der Waals surface area contributed by atoms with Crippen molar-refractivity contribution in [3.63, 3.8) is 0 Å². The molecule has 1 N–H and O–H groups in total. The highest BCUT2D eigenvalue weighted by Gasteiger charge is 2.19. The van der Waals surface area contributed by atoms with Crippen LogP contribution in [0.25, 0.3) is 0 Å². The predicted molar refractivity (Wildman–Crippen MR) is 76.0 cm³/mol. The molecule has 0 atom stereocenters. The molecule has 0 aromatic heterocycles. The Morgan fingerprint density at radius 1 is 1.26 bits per heavy atom. The van der Waals surface area contributed by atoms with E-state index >= 15 is 0 Å². The van der Waals surface area contributed by atoms with Gasteiger partial charge in [-0.1, -0.05) is 6.92 Å². The van der Waals surface area contributed by atoms with Crippen LogP contribution in [0.2, 0.25) is 0 Å². The lowest BCUT2D eigenvalue weighted by Gasteiger charge is -2.17. The lowest BCUT2D eigenvalue weighted by Crippen LogP contribution is -2.32. The number of sulfonamides is 1. The van der Waals surface area contributed by atoms with E-state index in [0.29, 0.717) is 25.4 Å². The molecule has 0 saturated carbocycles. The van der Waals surface area contributed by atoms with Gasteiger partial charge in [0.1, 0.15) is 5.75 Å². The van der Waals surface area contributed by atoms with Crippen LogP contribution < -0.4 is 10.1 Å². The zero-order valence-electron chi connectivity index (χ0n) is 11.7. The first-order valence-electron chi connectivity index (χ1n) is 6.36. The van der Waals surface area contributed by atoms with E-state index in [4.69, 9.17) is 4.74 Å². The van der Waals surface area contributed by atoms with Gasteiger partial charge < -0.3 is 10.1 Å². The third kappa shape index (κ3) is 4.49. The molecule has 0 aliphatic rings. The Labute approximate surface area is 115 Å². The van der Waals surface area contributed by atoms with Crippen molar-refractivity contribution < 1.29 is 13.2 Å². The van der Waals surface area contributed by atoms with E-state index in [0.717, 1.165) is 6.42 Å². The number of hydrogen-bond donors (Lipinski definition) is 1. The minimum absolute atomic E-state index is 0.287. The molecule has 0 fully saturated rings. The second-order valence-electron chi connectivity index (χ2n) is 4.25. The van der Waals surface area contributed by atoms with Crippen LogP contribution in [0.4, 0.5) is 0 Å². The van der Waals surface area contributed by atoms with Crippen molar-refractivity contribution >= 4 is 10.0 Å². The molecule has 0 aliphatic carbocycles. The van der Waals surface area contributed by atoms with Crippen LogP contribution in [0.15, 0.2) is 29.2 Å². The van der Waals surface area contributed by atoms with Crippen molar-refractivity contribution in [2.75, 3.05) is 33.8 Å². The van der Waals surface area contributed by atoms with Crippen LogP contribution in [0.1, 0.15) is 13.3 Å². The number of likely N-dealkylation sites (N-methyl/N-ethyl adjacent to an activating group) is 2. The SMILES string of the molecule is CCCOc1ccc(S(=O)(=O)N(C)CCNC)cc1. The van der Waals surface area contributed by atoms with E-state index in [2.05, 4.69) is 5.32 Å². The normalized spacial score (nSPS) is 11.8. The highest BCUT2D eigenvalue weighted by molar-refractivity contribution is 7.89. The van der Waals surface area contributed by atoms with Crippen LogP contribution in [0.5, 0.6) is 5.75 Å². The van der Waals surface area contributed by atoms with Crippen LogP contribution in [0.3, 0.4) is 0 Å². The molecule has 0 saturated heterocycles. The molecule has 6 heteroatoms. The van der Waals surface area contributed by atoms with E-state index in [-0.39, 0.29) is 4.90 Å². The summed E-state index contributed by atoms with van der Waals surface area (Å²) in [5.74, 6) is 0.693. The second-order valence-corrected chi connectivity index (χ2v) is 6.29. The lowest BCUT2D eigenvalue weighted by atomic mass is 10.3. The van der Waals surface area contributed by atoms with Crippen LogP contribution in [-0.2, 0) is 10.0 Å². The van der Waals surface area contributed by atoms with Crippen LogP contribution in [0, 0.1) is 0 Å². The lowest BCUT2D eigenvalue weighted by molar-refractivity contribution is 0.317. The molecule has 1 aromatic rings. The molecule has 1 rings (SSSR count). The maximum atomic E-state index is 12.2. The van der Waals surface area contributed by atoms with Crippen molar-refractivity contribution in [1.29, 1.82) is 0 Å². The fraction of sp³-hybridized carbons (Fsp3) is 0.538. The third-order valence-electron chi connectivity index (χ3n) is 2.68. The number of nitrogens with one attached hydrogen (secondary N) is 1. The van der Waals surface area contributed by atoms with Crippen molar-refractivity contribution in [1.82, 2.24) is 9.62 Å². The van der Waals surface area contributed by atoms with E-state index in [1.165, 1.54) is 4.31 Å². The Hall–Kier alpha value is -1.11. The first-order chi connectivity index (χ1) is 9.02. The molecular weight excluding hydrogens is 264 g/mol. The topological polar surface area (TPSA) is 58.6 Å². The van der Waals surface area contributed by atoms with Crippen molar-refractivity contribution in [3.05, 3.63) is 24.3 Å².